The van der Waals surface area contributed by atoms with E-state index in [1.165, 1.54) is 4.68 Å². The van der Waals surface area contributed by atoms with Gasteiger partial charge in [0, 0.05) is 48.1 Å². The topological polar surface area (TPSA) is 79.1 Å². The minimum absolute atomic E-state index is 0.0835. The van der Waals surface area contributed by atoms with Gasteiger partial charge in [0.1, 0.15) is 5.75 Å². The monoisotopic (exact) mass is 406 g/mol. The summed E-state index contributed by atoms with van der Waals surface area (Å²) in [6, 6.07) is 9.75. The number of ether oxygens (including phenoxy) is 2. The van der Waals surface area contributed by atoms with E-state index in [1.54, 1.807) is 32.6 Å². The van der Waals surface area contributed by atoms with E-state index in [2.05, 4.69) is 15.1 Å². The molecular weight excluding hydrogens is 380 g/mol. The van der Waals surface area contributed by atoms with Crippen LogP contribution in [0.1, 0.15) is 34.9 Å². The summed E-state index contributed by atoms with van der Waals surface area (Å²) in [7, 11) is 3.30. The van der Waals surface area contributed by atoms with Crippen LogP contribution in [-0.2, 0) is 19.9 Å². The molecule has 1 aliphatic carbocycles. The lowest BCUT2D eigenvalue weighted by Gasteiger charge is -2.09. The van der Waals surface area contributed by atoms with Gasteiger partial charge in [0.2, 0.25) is 5.88 Å². The van der Waals surface area contributed by atoms with Crippen LogP contribution in [0.3, 0.4) is 0 Å². The average Bonchev–Trinajstić information content (AvgIpc) is 3.53. The highest BCUT2D eigenvalue weighted by Gasteiger charge is 2.40. The zero-order chi connectivity index (χ0) is 21.1. The number of pyridine rings is 2. The van der Waals surface area contributed by atoms with Gasteiger partial charge in [0.25, 0.3) is 5.56 Å². The Hall–Kier alpha value is -3.22. The lowest BCUT2D eigenvalue weighted by atomic mass is 10.1. The van der Waals surface area contributed by atoms with Gasteiger partial charge in [-0.25, -0.2) is 4.68 Å². The Bertz CT molecular complexity index is 1080. The first-order valence-corrected chi connectivity index (χ1v) is 10.1. The molecule has 0 unspecified atom stereocenters. The number of hydrogen-bond donors (Lipinski definition) is 0. The van der Waals surface area contributed by atoms with Gasteiger partial charge in [-0.1, -0.05) is 0 Å². The fraction of sp³-hybridized carbons (Fsp3) is 0.391. The van der Waals surface area contributed by atoms with E-state index in [9.17, 15) is 4.79 Å². The minimum Gasteiger partial charge on any atom is -0.495 e. The van der Waals surface area contributed by atoms with Gasteiger partial charge in [-0.15, -0.1) is 5.10 Å². The zero-order valence-corrected chi connectivity index (χ0v) is 17.5. The lowest BCUT2D eigenvalue weighted by Crippen LogP contribution is -2.24. The summed E-state index contributed by atoms with van der Waals surface area (Å²) >= 11 is 0. The van der Waals surface area contributed by atoms with E-state index < -0.39 is 0 Å². The van der Waals surface area contributed by atoms with Crippen LogP contribution in [0.15, 0.2) is 47.5 Å². The summed E-state index contributed by atoms with van der Waals surface area (Å²) in [5, 5.41) is 4.26. The molecule has 0 radical (unpaired) electrons. The van der Waals surface area contributed by atoms with Crippen molar-refractivity contribution < 1.29 is 9.47 Å². The fourth-order valence-electron chi connectivity index (χ4n) is 3.65. The Morgan fingerprint density at radius 2 is 2.03 bits per heavy atom. The Morgan fingerprint density at radius 3 is 2.77 bits per heavy atom. The van der Waals surface area contributed by atoms with Crippen LogP contribution in [0.25, 0.3) is 0 Å². The molecule has 7 heteroatoms. The highest BCUT2D eigenvalue weighted by atomic mass is 16.5. The third kappa shape index (κ3) is 4.67. The molecular formula is C23H26N4O3. The van der Waals surface area contributed by atoms with Crippen molar-refractivity contribution in [2.45, 2.75) is 32.1 Å². The first kappa shape index (κ1) is 20.1. The molecule has 0 aromatic carbocycles. The molecule has 4 rings (SSSR count). The van der Waals surface area contributed by atoms with E-state index >= 15 is 0 Å². The second-order valence-electron chi connectivity index (χ2n) is 7.78. The molecule has 1 fully saturated rings. The first-order valence-electron chi connectivity index (χ1n) is 10.1. The van der Waals surface area contributed by atoms with Crippen molar-refractivity contribution in [3.05, 3.63) is 75.6 Å². The maximum absolute atomic E-state index is 12.5. The second kappa shape index (κ2) is 8.65. The van der Waals surface area contributed by atoms with Crippen LogP contribution in [-0.4, -0.2) is 33.5 Å². The van der Waals surface area contributed by atoms with Gasteiger partial charge >= 0.3 is 0 Å². The van der Waals surface area contributed by atoms with Crippen LogP contribution >= 0.6 is 0 Å². The van der Waals surface area contributed by atoms with Crippen molar-refractivity contribution >= 4 is 0 Å². The largest absolute Gasteiger partial charge is 0.495 e. The average molecular weight is 406 g/mol. The predicted octanol–water partition coefficient (Wildman–Crippen LogP) is 2.86. The van der Waals surface area contributed by atoms with Crippen molar-refractivity contribution in [1.82, 2.24) is 19.7 Å². The van der Waals surface area contributed by atoms with Crippen molar-refractivity contribution in [3.63, 3.8) is 0 Å². The highest BCUT2D eigenvalue weighted by molar-refractivity contribution is 5.26. The van der Waals surface area contributed by atoms with Gasteiger partial charge in [-0.05, 0) is 56.0 Å². The summed E-state index contributed by atoms with van der Waals surface area (Å²) in [5.41, 5.74) is 3.83. The Kier molecular flexibility index (Phi) is 5.79. The molecule has 3 aromatic heterocycles. The molecule has 0 bridgehead atoms. The fourth-order valence-corrected chi connectivity index (χ4v) is 3.65. The molecule has 2 atom stereocenters. The molecule has 0 amide bonds. The van der Waals surface area contributed by atoms with Gasteiger partial charge < -0.3 is 9.47 Å². The van der Waals surface area contributed by atoms with Gasteiger partial charge in [-0.3, -0.25) is 14.8 Å². The third-order valence-corrected chi connectivity index (χ3v) is 5.50. The lowest BCUT2D eigenvalue weighted by molar-refractivity contribution is 0.277. The SMILES string of the molecule is COc1ccc([C@H]2C[C@@H]2COc2cc(CCc3ccnc(C)c3)c(=O)n(C)n2)nc1. The van der Waals surface area contributed by atoms with Crippen LogP contribution in [0.2, 0.25) is 0 Å². The van der Waals surface area contributed by atoms with Gasteiger partial charge in [0.15, 0.2) is 0 Å². The standard InChI is InChI=1S/C23H26N4O3/c1-15-10-16(8-9-24-15)4-5-17-12-22(26-27(2)23(17)28)30-14-18-11-20(18)21-7-6-19(29-3)13-25-21/h6-10,12-13,18,20H,4-5,11,14H2,1-3H3/t18-,20+/m1/s1. The van der Waals surface area contributed by atoms with Gasteiger partial charge in [0.05, 0.1) is 19.9 Å². The Labute approximate surface area is 175 Å². The van der Waals surface area contributed by atoms with Crippen molar-refractivity contribution in [1.29, 1.82) is 0 Å². The molecule has 7 nitrogen and oxygen atoms in total. The predicted molar refractivity (Wildman–Crippen MR) is 113 cm³/mol. The summed E-state index contributed by atoms with van der Waals surface area (Å²) in [5.74, 6) is 2.06. The second-order valence-corrected chi connectivity index (χ2v) is 7.78. The Balaban J connectivity index is 1.37. The normalized spacial score (nSPS) is 17.6. The molecule has 0 N–H and O–H groups in total. The van der Waals surface area contributed by atoms with Gasteiger partial charge in [-0.2, -0.15) is 0 Å². The van der Waals surface area contributed by atoms with Crippen LogP contribution in [0.4, 0.5) is 0 Å². The molecule has 156 valence electrons. The summed E-state index contributed by atoms with van der Waals surface area (Å²) < 4.78 is 12.5. The number of rotatable bonds is 8. The van der Waals surface area contributed by atoms with Crippen molar-refractivity contribution in [2.75, 3.05) is 13.7 Å². The summed E-state index contributed by atoms with van der Waals surface area (Å²) in [6.07, 6.45) is 6.00. The molecule has 3 heterocycles. The smallest absolute Gasteiger partial charge is 0.269 e. The van der Waals surface area contributed by atoms with E-state index in [-0.39, 0.29) is 5.56 Å². The number of methoxy groups -OCH3 is 1. The van der Waals surface area contributed by atoms with Crippen molar-refractivity contribution in [2.24, 2.45) is 13.0 Å². The summed E-state index contributed by atoms with van der Waals surface area (Å²) in [6.45, 7) is 2.53. The molecule has 3 aromatic rings. The number of hydrogen-bond acceptors (Lipinski definition) is 6. The van der Waals surface area contributed by atoms with E-state index in [0.29, 0.717) is 36.3 Å². The van der Waals surface area contributed by atoms with E-state index in [4.69, 9.17) is 9.47 Å². The van der Waals surface area contributed by atoms with E-state index in [1.807, 2.05) is 31.2 Å². The first-order chi connectivity index (χ1) is 14.5. The molecule has 1 aliphatic rings. The molecule has 0 saturated heterocycles. The minimum atomic E-state index is -0.0835. The number of nitrogens with zero attached hydrogens (tertiary/aromatic N) is 4. The zero-order valence-electron chi connectivity index (χ0n) is 17.5. The van der Waals surface area contributed by atoms with E-state index in [0.717, 1.165) is 35.5 Å². The maximum atomic E-state index is 12.5. The number of aromatic nitrogens is 4. The van der Waals surface area contributed by atoms with Crippen LogP contribution in [0.5, 0.6) is 11.6 Å². The quantitative estimate of drug-likeness (QED) is 0.572. The highest BCUT2D eigenvalue weighted by Crippen LogP contribution is 2.46. The molecule has 0 spiro atoms. The third-order valence-electron chi connectivity index (χ3n) is 5.50. The summed E-state index contributed by atoms with van der Waals surface area (Å²) in [4.78, 5) is 21.2. The maximum Gasteiger partial charge on any atom is 0.269 e. The van der Waals surface area contributed by atoms with Crippen LogP contribution < -0.4 is 15.0 Å². The molecule has 1 saturated carbocycles. The molecule has 0 aliphatic heterocycles. The molecule has 30 heavy (non-hydrogen) atoms. The Morgan fingerprint density at radius 1 is 1.17 bits per heavy atom. The van der Waals surface area contributed by atoms with Crippen molar-refractivity contribution in [3.8, 4) is 11.6 Å². The van der Waals surface area contributed by atoms with Crippen LogP contribution in [0, 0.1) is 12.8 Å². The number of aryl methyl sites for hydroxylation is 4.